The second kappa shape index (κ2) is 10.7. The van der Waals surface area contributed by atoms with Crippen LogP contribution in [-0.2, 0) is 29.2 Å². The number of aliphatic hydroxyl groups is 1. The van der Waals surface area contributed by atoms with Crippen molar-refractivity contribution in [2.24, 2.45) is 0 Å². The van der Waals surface area contributed by atoms with E-state index in [9.17, 15) is 14.7 Å². The second-order valence-corrected chi connectivity index (χ2v) is 10.1. The summed E-state index contributed by atoms with van der Waals surface area (Å²) in [6.07, 6.45) is 4.04. The molecule has 0 bridgehead atoms. The van der Waals surface area contributed by atoms with E-state index in [4.69, 9.17) is 9.47 Å². The highest BCUT2D eigenvalue weighted by atomic mass is 16.5. The van der Waals surface area contributed by atoms with E-state index in [1.807, 2.05) is 67.6 Å². The Labute approximate surface area is 232 Å². The molecule has 3 heterocycles. The number of aromatic nitrogens is 1. The highest BCUT2D eigenvalue weighted by Gasteiger charge is 2.46. The number of ether oxygens (including phenoxy) is 2. The van der Waals surface area contributed by atoms with Gasteiger partial charge in [0.1, 0.15) is 30.0 Å². The summed E-state index contributed by atoms with van der Waals surface area (Å²) in [6.45, 7) is 2.54. The number of carbonyl (C=O) groups is 2. The van der Waals surface area contributed by atoms with E-state index in [0.717, 1.165) is 22.4 Å². The average Bonchev–Trinajstić information content (AvgIpc) is 3.48. The molecule has 2 aliphatic heterocycles. The number of amides is 1. The number of rotatable bonds is 7. The molecule has 0 saturated carbocycles. The minimum absolute atomic E-state index is 0.0389. The van der Waals surface area contributed by atoms with Crippen molar-refractivity contribution in [2.45, 2.75) is 38.6 Å². The lowest BCUT2D eigenvalue weighted by Gasteiger charge is -2.26. The Morgan fingerprint density at radius 2 is 1.77 bits per heavy atom. The summed E-state index contributed by atoms with van der Waals surface area (Å²) in [5, 5.41) is 11.5. The maximum absolute atomic E-state index is 13.5. The third-order valence-corrected chi connectivity index (χ3v) is 7.23. The van der Waals surface area contributed by atoms with Gasteiger partial charge in [0.15, 0.2) is 0 Å². The lowest BCUT2D eigenvalue weighted by atomic mass is 9.94. The number of carbonyl (C=O) groups excluding carboxylic acids is 2. The molecule has 200 valence electrons. The van der Waals surface area contributed by atoms with Crippen LogP contribution in [0.25, 0.3) is 5.76 Å². The zero-order chi connectivity index (χ0) is 27.6. The summed E-state index contributed by atoms with van der Waals surface area (Å²) in [5.41, 5.74) is 3.98. The van der Waals surface area contributed by atoms with Gasteiger partial charge in [-0.2, -0.15) is 0 Å². The first-order valence-corrected chi connectivity index (χ1v) is 13.2. The SMILES string of the molecule is C[C@@H]1Cc2cc(C(O)=C3C(=O)C(=O)N(Cc4ccncc4)[C@H]3c3cccc(OCc4ccccc4)c3)ccc2O1. The van der Waals surface area contributed by atoms with Crippen LogP contribution >= 0.6 is 0 Å². The van der Waals surface area contributed by atoms with Crippen LogP contribution in [0.3, 0.4) is 0 Å². The molecule has 1 amide bonds. The van der Waals surface area contributed by atoms with Crippen molar-refractivity contribution in [3.8, 4) is 11.5 Å². The number of pyridine rings is 1. The molecule has 1 N–H and O–H groups in total. The molecule has 0 unspecified atom stereocenters. The maximum atomic E-state index is 13.5. The summed E-state index contributed by atoms with van der Waals surface area (Å²) < 4.78 is 11.9. The van der Waals surface area contributed by atoms with Crippen molar-refractivity contribution in [1.82, 2.24) is 9.88 Å². The topological polar surface area (TPSA) is 89.0 Å². The maximum Gasteiger partial charge on any atom is 0.295 e. The first-order chi connectivity index (χ1) is 19.5. The second-order valence-electron chi connectivity index (χ2n) is 10.1. The predicted molar refractivity (Wildman–Crippen MR) is 150 cm³/mol. The monoisotopic (exact) mass is 532 g/mol. The normalized spacial score (nSPS) is 19.4. The molecular weight excluding hydrogens is 504 g/mol. The van der Waals surface area contributed by atoms with Gasteiger partial charge in [-0.3, -0.25) is 14.6 Å². The van der Waals surface area contributed by atoms with Gasteiger partial charge in [0, 0.05) is 30.9 Å². The van der Waals surface area contributed by atoms with Crippen molar-refractivity contribution in [1.29, 1.82) is 0 Å². The number of aliphatic hydroxyl groups excluding tert-OH is 1. The van der Waals surface area contributed by atoms with E-state index < -0.39 is 17.7 Å². The summed E-state index contributed by atoms with van der Waals surface area (Å²) in [6, 6.07) is 25.3. The van der Waals surface area contributed by atoms with Crippen molar-refractivity contribution < 1.29 is 24.2 Å². The summed E-state index contributed by atoms with van der Waals surface area (Å²) in [4.78, 5) is 32.5. The fraction of sp³-hybridized carbons (Fsp3) is 0.182. The molecule has 2 aliphatic rings. The summed E-state index contributed by atoms with van der Waals surface area (Å²) in [7, 11) is 0. The van der Waals surface area contributed by atoms with E-state index in [2.05, 4.69) is 4.98 Å². The Balaban J connectivity index is 1.41. The van der Waals surface area contributed by atoms with Crippen molar-refractivity contribution in [3.63, 3.8) is 0 Å². The van der Waals surface area contributed by atoms with Gasteiger partial charge in [0.05, 0.1) is 11.6 Å². The zero-order valence-corrected chi connectivity index (χ0v) is 22.0. The third kappa shape index (κ3) is 4.94. The molecule has 1 aromatic heterocycles. The van der Waals surface area contributed by atoms with E-state index in [1.165, 1.54) is 4.90 Å². The van der Waals surface area contributed by atoms with Gasteiger partial charge < -0.3 is 19.5 Å². The van der Waals surface area contributed by atoms with Crippen LogP contribution in [0.5, 0.6) is 11.5 Å². The smallest absolute Gasteiger partial charge is 0.295 e. The fourth-order valence-corrected chi connectivity index (χ4v) is 5.31. The van der Waals surface area contributed by atoms with Gasteiger partial charge in [0.25, 0.3) is 11.7 Å². The molecule has 7 heteroatoms. The molecule has 1 saturated heterocycles. The molecule has 0 spiro atoms. The highest BCUT2D eigenvalue weighted by Crippen LogP contribution is 2.42. The van der Waals surface area contributed by atoms with Gasteiger partial charge in [-0.25, -0.2) is 0 Å². The number of fused-ring (bicyclic) bond motifs is 1. The molecule has 6 rings (SSSR count). The summed E-state index contributed by atoms with van der Waals surface area (Å²) in [5.74, 6) is -0.241. The molecule has 4 aromatic rings. The number of ketones is 1. The molecule has 40 heavy (non-hydrogen) atoms. The first-order valence-electron chi connectivity index (χ1n) is 13.2. The zero-order valence-electron chi connectivity index (χ0n) is 22.0. The predicted octanol–water partition coefficient (Wildman–Crippen LogP) is 5.61. The fourth-order valence-electron chi connectivity index (χ4n) is 5.31. The quantitative estimate of drug-likeness (QED) is 0.189. The Morgan fingerprint density at radius 1 is 0.975 bits per heavy atom. The van der Waals surface area contributed by atoms with Gasteiger partial charge in [-0.15, -0.1) is 0 Å². The summed E-state index contributed by atoms with van der Waals surface area (Å²) >= 11 is 0. The number of nitrogens with zero attached hydrogens (tertiary/aromatic N) is 2. The Kier molecular flexibility index (Phi) is 6.78. The van der Waals surface area contributed by atoms with Crippen LogP contribution in [0, 0.1) is 0 Å². The largest absolute Gasteiger partial charge is 0.507 e. The molecule has 0 aliphatic carbocycles. The molecular formula is C33H28N2O5. The molecule has 0 radical (unpaired) electrons. The number of benzene rings is 3. The van der Waals surface area contributed by atoms with E-state index in [1.54, 1.807) is 36.7 Å². The number of likely N-dealkylation sites (tertiary alicyclic amines) is 1. The van der Waals surface area contributed by atoms with Crippen LogP contribution in [0.4, 0.5) is 0 Å². The lowest BCUT2D eigenvalue weighted by Crippen LogP contribution is -2.29. The van der Waals surface area contributed by atoms with Crippen LogP contribution in [0.1, 0.15) is 40.8 Å². The number of Topliss-reactive ketones (excluding diaryl/α,β-unsaturated/α-hetero) is 1. The van der Waals surface area contributed by atoms with Crippen LogP contribution in [-0.4, -0.2) is 32.8 Å². The van der Waals surface area contributed by atoms with Crippen LogP contribution in [0.15, 0.2) is 103 Å². The molecule has 7 nitrogen and oxygen atoms in total. The van der Waals surface area contributed by atoms with Crippen LogP contribution in [0.2, 0.25) is 0 Å². The highest BCUT2D eigenvalue weighted by molar-refractivity contribution is 6.46. The minimum atomic E-state index is -0.808. The van der Waals surface area contributed by atoms with E-state index >= 15 is 0 Å². The first kappa shape index (κ1) is 25.4. The molecule has 2 atom stereocenters. The van der Waals surface area contributed by atoms with E-state index in [0.29, 0.717) is 29.9 Å². The molecule has 3 aromatic carbocycles. The average molecular weight is 533 g/mol. The van der Waals surface area contributed by atoms with Crippen molar-refractivity contribution >= 4 is 17.4 Å². The number of hydrogen-bond donors (Lipinski definition) is 1. The Hall–Kier alpha value is -4.91. The van der Waals surface area contributed by atoms with E-state index in [-0.39, 0.29) is 24.0 Å². The van der Waals surface area contributed by atoms with Gasteiger partial charge >= 0.3 is 0 Å². The van der Waals surface area contributed by atoms with Gasteiger partial charge in [-0.1, -0.05) is 42.5 Å². The van der Waals surface area contributed by atoms with Gasteiger partial charge in [-0.05, 0) is 71.6 Å². The number of hydrogen-bond acceptors (Lipinski definition) is 6. The minimum Gasteiger partial charge on any atom is -0.507 e. The van der Waals surface area contributed by atoms with Crippen molar-refractivity contribution in [2.75, 3.05) is 0 Å². The molecule has 1 fully saturated rings. The standard InChI is InChI=1S/C33H28N2O5/c1-21-16-26-17-25(10-11-28(26)40-21)31(36)29-30(35(33(38)32(29)37)19-22-12-14-34-15-13-22)24-8-5-9-27(18-24)39-20-23-6-3-2-4-7-23/h2-15,17-18,21,30,36H,16,19-20H2,1H3/t21-,30+/m1/s1. The lowest BCUT2D eigenvalue weighted by molar-refractivity contribution is -0.140. The van der Waals surface area contributed by atoms with Crippen LogP contribution < -0.4 is 9.47 Å². The van der Waals surface area contributed by atoms with Gasteiger partial charge in [0.2, 0.25) is 0 Å². The Morgan fingerprint density at radius 3 is 2.58 bits per heavy atom. The Bertz CT molecular complexity index is 1600. The van der Waals surface area contributed by atoms with Crippen molar-refractivity contribution in [3.05, 3.63) is 131 Å². The third-order valence-electron chi connectivity index (χ3n) is 7.23.